The summed E-state index contributed by atoms with van der Waals surface area (Å²) in [4.78, 5) is 0. The van der Waals surface area contributed by atoms with Gasteiger partial charge in [0.15, 0.2) is 0 Å². The first-order valence-corrected chi connectivity index (χ1v) is 10.7. The minimum absolute atomic E-state index is 0.134. The summed E-state index contributed by atoms with van der Waals surface area (Å²) < 4.78 is 0. The van der Waals surface area contributed by atoms with Gasteiger partial charge >= 0.3 is 0 Å². The van der Waals surface area contributed by atoms with Gasteiger partial charge in [0, 0.05) is 5.41 Å². The van der Waals surface area contributed by atoms with Crippen LogP contribution in [0.1, 0.15) is 66.7 Å². The molecule has 2 fully saturated rings. The molecule has 4 rings (SSSR count). The first kappa shape index (κ1) is 18.1. The largest absolute Gasteiger partial charge is 0.0993 e. The van der Waals surface area contributed by atoms with Crippen molar-refractivity contribution >= 4 is 0 Å². The highest BCUT2D eigenvalue weighted by atomic mass is 14.7. The van der Waals surface area contributed by atoms with Crippen molar-refractivity contribution in [1.82, 2.24) is 0 Å². The molecule has 140 valence electrons. The molecule has 0 spiro atoms. The van der Waals surface area contributed by atoms with E-state index in [0.29, 0.717) is 5.41 Å². The molecular formula is C26H36. The highest BCUT2D eigenvalue weighted by Crippen LogP contribution is 2.71. The molecule has 4 aliphatic rings. The van der Waals surface area contributed by atoms with Crippen LogP contribution in [0, 0.1) is 34.0 Å². The summed E-state index contributed by atoms with van der Waals surface area (Å²) in [6, 6.07) is 0. The monoisotopic (exact) mass is 348 g/mol. The molecule has 0 nitrogen and oxygen atoms in total. The molecule has 0 radical (unpaired) electrons. The third kappa shape index (κ3) is 2.02. The molecule has 2 saturated carbocycles. The van der Waals surface area contributed by atoms with Crippen LogP contribution in [-0.2, 0) is 0 Å². The van der Waals surface area contributed by atoms with Crippen LogP contribution in [0.5, 0.6) is 0 Å². The number of rotatable bonds is 2. The second kappa shape index (κ2) is 5.60. The summed E-state index contributed by atoms with van der Waals surface area (Å²) in [5.41, 5.74) is 6.69. The van der Waals surface area contributed by atoms with E-state index in [1.807, 2.05) is 0 Å². The standard InChI is InChI=1S/C26H36/c1-8-18(3)26(7)19(4)16-23-21-10-9-20-15-17(2)11-13-24(20,5)22(21)12-14-25(23,26)6/h11-13,15,19,21,23H,2-3,8-10,14,16H2,1,4-7H3/t19-,21?,23?,24-,25-,26-/m0/s1. The number of fused-ring (bicyclic) bond motifs is 5. The summed E-state index contributed by atoms with van der Waals surface area (Å²) in [7, 11) is 0. The molecule has 0 bridgehead atoms. The molecule has 4 aliphatic carbocycles. The van der Waals surface area contributed by atoms with Gasteiger partial charge in [-0.2, -0.15) is 0 Å². The van der Waals surface area contributed by atoms with E-state index in [2.05, 4.69) is 72.1 Å². The van der Waals surface area contributed by atoms with Crippen molar-refractivity contribution in [2.75, 3.05) is 0 Å². The van der Waals surface area contributed by atoms with Crippen LogP contribution in [0.3, 0.4) is 0 Å². The van der Waals surface area contributed by atoms with E-state index >= 15 is 0 Å². The maximum absolute atomic E-state index is 4.55. The van der Waals surface area contributed by atoms with Gasteiger partial charge in [-0.05, 0) is 73.2 Å². The second-order valence-corrected chi connectivity index (χ2v) is 10.1. The molecule has 0 aliphatic heterocycles. The predicted octanol–water partition coefficient (Wildman–Crippen LogP) is 7.42. The summed E-state index contributed by atoms with van der Waals surface area (Å²) in [5, 5.41) is 0. The highest BCUT2D eigenvalue weighted by molar-refractivity contribution is 5.50. The quantitative estimate of drug-likeness (QED) is 0.455. The fourth-order valence-corrected chi connectivity index (χ4v) is 7.29. The molecule has 0 aromatic rings. The fourth-order valence-electron chi connectivity index (χ4n) is 7.29. The summed E-state index contributed by atoms with van der Waals surface area (Å²) >= 11 is 0. The third-order valence-electron chi connectivity index (χ3n) is 9.37. The van der Waals surface area contributed by atoms with Crippen molar-refractivity contribution in [3.63, 3.8) is 0 Å². The Kier molecular flexibility index (Phi) is 3.89. The van der Waals surface area contributed by atoms with Gasteiger partial charge in [-0.15, -0.1) is 0 Å². The lowest BCUT2D eigenvalue weighted by Crippen LogP contribution is -2.47. The molecule has 0 heterocycles. The molecule has 2 unspecified atom stereocenters. The lowest BCUT2D eigenvalue weighted by molar-refractivity contribution is 0.0416. The van der Waals surface area contributed by atoms with Crippen LogP contribution < -0.4 is 0 Å². The van der Waals surface area contributed by atoms with Gasteiger partial charge in [0.2, 0.25) is 0 Å². The first-order valence-electron chi connectivity index (χ1n) is 10.7. The first-order chi connectivity index (χ1) is 12.2. The number of allylic oxidation sites excluding steroid dienone is 8. The summed E-state index contributed by atoms with van der Waals surface area (Å²) in [5.74, 6) is 2.26. The lowest BCUT2D eigenvalue weighted by atomic mass is 9.49. The van der Waals surface area contributed by atoms with E-state index in [-0.39, 0.29) is 10.8 Å². The van der Waals surface area contributed by atoms with Gasteiger partial charge in [0.25, 0.3) is 0 Å². The van der Waals surface area contributed by atoms with Gasteiger partial charge < -0.3 is 0 Å². The predicted molar refractivity (Wildman–Crippen MR) is 113 cm³/mol. The number of hydrogen-bond acceptors (Lipinski definition) is 0. The topological polar surface area (TPSA) is 0 Å². The zero-order valence-corrected chi connectivity index (χ0v) is 17.5. The molecule has 6 atom stereocenters. The molecule has 0 saturated heterocycles. The van der Waals surface area contributed by atoms with Crippen molar-refractivity contribution in [3.05, 3.63) is 59.8 Å². The minimum atomic E-state index is 0.134. The minimum Gasteiger partial charge on any atom is -0.0993 e. The Morgan fingerprint density at radius 3 is 2.69 bits per heavy atom. The van der Waals surface area contributed by atoms with Gasteiger partial charge in [0.1, 0.15) is 0 Å². The summed E-state index contributed by atoms with van der Waals surface area (Å²) in [6.07, 6.45) is 15.9. The molecule has 0 aromatic carbocycles. The van der Waals surface area contributed by atoms with Crippen molar-refractivity contribution in [1.29, 1.82) is 0 Å². The SMILES string of the molecule is C=C1C=C[C@@]2(C)C(=C1)CCC1C2=CC[C@@]2(C)C1C[C@H](C)[C@]2(C)C(=C)CC. The Labute approximate surface area is 160 Å². The Morgan fingerprint density at radius 2 is 2.00 bits per heavy atom. The van der Waals surface area contributed by atoms with E-state index in [0.717, 1.165) is 24.2 Å². The van der Waals surface area contributed by atoms with E-state index in [1.165, 1.54) is 36.8 Å². The second-order valence-electron chi connectivity index (χ2n) is 10.1. The maximum Gasteiger partial charge on any atom is 0.0281 e. The normalized spacial score (nSPS) is 46.8. The van der Waals surface area contributed by atoms with E-state index in [1.54, 1.807) is 11.1 Å². The fraction of sp³-hybridized carbons (Fsp3) is 0.615. The molecule has 0 heteroatoms. The average Bonchev–Trinajstić information content (AvgIpc) is 2.83. The van der Waals surface area contributed by atoms with Gasteiger partial charge in [-0.3, -0.25) is 0 Å². The highest BCUT2D eigenvalue weighted by Gasteiger charge is 2.63. The van der Waals surface area contributed by atoms with Crippen LogP contribution >= 0.6 is 0 Å². The maximum atomic E-state index is 4.55. The summed E-state index contributed by atoms with van der Waals surface area (Å²) in [6.45, 7) is 21.1. The van der Waals surface area contributed by atoms with Gasteiger partial charge in [-0.1, -0.05) is 81.9 Å². The van der Waals surface area contributed by atoms with Gasteiger partial charge in [0.05, 0.1) is 0 Å². The smallest absolute Gasteiger partial charge is 0.0281 e. The van der Waals surface area contributed by atoms with Crippen LogP contribution in [0.2, 0.25) is 0 Å². The van der Waals surface area contributed by atoms with Gasteiger partial charge in [-0.25, -0.2) is 0 Å². The molecular weight excluding hydrogens is 312 g/mol. The van der Waals surface area contributed by atoms with Crippen LogP contribution in [0.25, 0.3) is 0 Å². The van der Waals surface area contributed by atoms with Crippen LogP contribution in [0.15, 0.2) is 59.8 Å². The average molecular weight is 349 g/mol. The number of hydrogen-bond donors (Lipinski definition) is 0. The zero-order chi connectivity index (χ0) is 18.9. The van der Waals surface area contributed by atoms with Crippen molar-refractivity contribution in [3.8, 4) is 0 Å². The Morgan fingerprint density at radius 1 is 1.27 bits per heavy atom. The Hall–Kier alpha value is -1.30. The van der Waals surface area contributed by atoms with Crippen molar-refractivity contribution < 1.29 is 0 Å². The lowest BCUT2D eigenvalue weighted by Gasteiger charge is -2.55. The van der Waals surface area contributed by atoms with Crippen molar-refractivity contribution in [2.24, 2.45) is 34.0 Å². The molecule has 0 N–H and O–H groups in total. The van der Waals surface area contributed by atoms with E-state index < -0.39 is 0 Å². The molecule has 0 amide bonds. The zero-order valence-electron chi connectivity index (χ0n) is 17.5. The van der Waals surface area contributed by atoms with Crippen molar-refractivity contribution in [2.45, 2.75) is 66.7 Å². The molecule has 0 aromatic heterocycles. The van der Waals surface area contributed by atoms with E-state index in [4.69, 9.17) is 0 Å². The Balaban J connectivity index is 1.79. The van der Waals surface area contributed by atoms with Crippen LogP contribution in [0.4, 0.5) is 0 Å². The van der Waals surface area contributed by atoms with Crippen LogP contribution in [-0.4, -0.2) is 0 Å². The Bertz CT molecular complexity index is 759. The third-order valence-corrected chi connectivity index (χ3v) is 9.37. The van der Waals surface area contributed by atoms with E-state index in [9.17, 15) is 0 Å². The molecule has 26 heavy (non-hydrogen) atoms.